The van der Waals surface area contributed by atoms with Gasteiger partial charge >= 0.3 is 0 Å². The summed E-state index contributed by atoms with van der Waals surface area (Å²) in [7, 11) is 0. The van der Waals surface area contributed by atoms with Crippen LogP contribution in [0.2, 0.25) is 0 Å². The predicted molar refractivity (Wildman–Crippen MR) is 98.4 cm³/mol. The van der Waals surface area contributed by atoms with Crippen molar-refractivity contribution in [3.8, 4) is 0 Å². The minimum Gasteiger partial charge on any atom is -0.396 e. The molecule has 0 aliphatic heterocycles. The molecule has 0 atom stereocenters. The summed E-state index contributed by atoms with van der Waals surface area (Å²) in [4.78, 5) is 0. The van der Waals surface area contributed by atoms with Crippen molar-refractivity contribution in [3.63, 3.8) is 0 Å². The Labute approximate surface area is 142 Å². The van der Waals surface area contributed by atoms with E-state index in [-0.39, 0.29) is 0 Å². The summed E-state index contributed by atoms with van der Waals surface area (Å²) < 4.78 is 0. The van der Waals surface area contributed by atoms with E-state index in [9.17, 15) is 0 Å². The van der Waals surface area contributed by atoms with Gasteiger partial charge in [0, 0.05) is 0 Å². The van der Waals surface area contributed by atoms with Gasteiger partial charge in [-0.3, -0.25) is 0 Å². The van der Waals surface area contributed by atoms with Crippen LogP contribution in [0.4, 0.5) is 5.69 Å². The van der Waals surface area contributed by atoms with Crippen LogP contribution >= 0.6 is 0 Å². The van der Waals surface area contributed by atoms with Crippen LogP contribution in [0.5, 0.6) is 0 Å². The Morgan fingerprint density at radius 3 is 1.43 bits per heavy atom. The first-order chi connectivity index (χ1) is 11.3. The first kappa shape index (κ1) is 19.9. The fourth-order valence-electron chi connectivity index (χ4n) is 2.92. The van der Waals surface area contributed by atoms with Crippen molar-refractivity contribution < 1.29 is 0 Å². The Morgan fingerprint density at radius 1 is 0.609 bits per heavy atom. The Bertz CT molecular complexity index is 372. The third-order valence-electron chi connectivity index (χ3n) is 4.49. The maximum absolute atomic E-state index is 6.24. The second kappa shape index (κ2) is 13.3. The summed E-state index contributed by atoms with van der Waals surface area (Å²) in [6.07, 6.45) is 17.3. The van der Waals surface area contributed by atoms with E-state index in [0.717, 1.165) is 42.8 Å². The van der Waals surface area contributed by atoms with Gasteiger partial charge in [-0.25, -0.2) is 0 Å². The largest absolute Gasteiger partial charge is 0.396 e. The van der Waals surface area contributed by atoms with Crippen molar-refractivity contribution in [1.29, 1.82) is 0 Å². The molecule has 1 aromatic rings. The van der Waals surface area contributed by atoms with Gasteiger partial charge < -0.3 is 5.73 Å². The minimum absolute atomic E-state index is 0.794. The molecule has 4 nitrogen and oxygen atoms in total. The fraction of sp³-hybridized carbons (Fsp3) is 0.842. The highest BCUT2D eigenvalue weighted by molar-refractivity contribution is 5.46. The van der Waals surface area contributed by atoms with Crippen LogP contribution < -0.4 is 5.73 Å². The molecule has 0 fully saturated rings. The van der Waals surface area contributed by atoms with E-state index in [1.165, 1.54) is 64.2 Å². The molecule has 0 aliphatic rings. The maximum atomic E-state index is 6.24. The van der Waals surface area contributed by atoms with Crippen molar-refractivity contribution in [1.82, 2.24) is 15.4 Å². The molecule has 132 valence electrons. The van der Waals surface area contributed by atoms with Crippen LogP contribution in [0.15, 0.2) is 0 Å². The fourth-order valence-corrected chi connectivity index (χ4v) is 2.92. The van der Waals surface area contributed by atoms with Gasteiger partial charge in [-0.2, -0.15) is 0 Å². The molecule has 0 saturated heterocycles. The molecule has 0 unspecified atom stereocenters. The molecule has 1 heterocycles. The Hall–Kier alpha value is -1.19. The lowest BCUT2D eigenvalue weighted by Gasteiger charge is -2.08. The number of unbranched alkanes of at least 4 members (excludes halogenated alkanes) is 10. The number of aromatic nitrogens is 3. The summed E-state index contributed by atoms with van der Waals surface area (Å²) in [5, 5.41) is 12.2. The second-order valence-corrected chi connectivity index (χ2v) is 6.63. The highest BCUT2D eigenvalue weighted by Gasteiger charge is 2.09. The number of nitrogen functional groups attached to an aromatic ring is 1. The molecule has 23 heavy (non-hydrogen) atoms. The van der Waals surface area contributed by atoms with Crippen LogP contribution in [0, 0.1) is 0 Å². The molecule has 0 bridgehead atoms. The first-order valence-corrected chi connectivity index (χ1v) is 9.76. The Morgan fingerprint density at radius 2 is 1.00 bits per heavy atom. The molecule has 0 radical (unpaired) electrons. The lowest BCUT2D eigenvalue weighted by Crippen LogP contribution is -2.08. The average molecular weight is 321 g/mol. The zero-order valence-electron chi connectivity index (χ0n) is 15.3. The van der Waals surface area contributed by atoms with Crippen LogP contribution in [0.3, 0.4) is 0 Å². The molecule has 2 N–H and O–H groups in total. The monoisotopic (exact) mass is 320 g/mol. The van der Waals surface area contributed by atoms with Crippen LogP contribution in [-0.2, 0) is 12.8 Å². The number of rotatable bonds is 14. The Balaban J connectivity index is 2.27. The summed E-state index contributed by atoms with van der Waals surface area (Å²) >= 11 is 0. The molecule has 0 amide bonds. The van der Waals surface area contributed by atoms with E-state index in [2.05, 4.69) is 29.3 Å². The third kappa shape index (κ3) is 8.87. The van der Waals surface area contributed by atoms with Crippen LogP contribution in [-0.4, -0.2) is 15.4 Å². The third-order valence-corrected chi connectivity index (χ3v) is 4.49. The van der Waals surface area contributed by atoms with E-state index in [4.69, 9.17) is 5.73 Å². The van der Waals surface area contributed by atoms with E-state index < -0.39 is 0 Å². The number of aryl methyl sites for hydroxylation is 2. The highest BCUT2D eigenvalue weighted by Crippen LogP contribution is 2.18. The second-order valence-electron chi connectivity index (χ2n) is 6.63. The first-order valence-electron chi connectivity index (χ1n) is 9.76. The maximum Gasteiger partial charge on any atom is 0.0896 e. The number of anilines is 1. The zero-order chi connectivity index (χ0) is 16.8. The molecule has 0 saturated carbocycles. The molecular weight excluding hydrogens is 284 g/mol. The van der Waals surface area contributed by atoms with E-state index in [1.54, 1.807) is 0 Å². The van der Waals surface area contributed by atoms with Crippen LogP contribution in [0.1, 0.15) is 102 Å². The quantitative estimate of drug-likeness (QED) is 0.475. The highest BCUT2D eigenvalue weighted by atomic mass is 15.3. The zero-order valence-corrected chi connectivity index (χ0v) is 15.3. The van der Waals surface area contributed by atoms with Crippen LogP contribution in [0.25, 0.3) is 0 Å². The standard InChI is InChI=1S/C19H36N4/c1-3-5-7-9-11-13-15-17-19(20)18(22-23-21-17)16-14-12-10-8-6-4-2/h3-16H2,1-2H3,(H2,20,23). The summed E-state index contributed by atoms with van der Waals surface area (Å²) in [5.41, 5.74) is 8.95. The number of nitrogens with zero attached hydrogens (tertiary/aromatic N) is 3. The van der Waals surface area contributed by atoms with Gasteiger partial charge in [-0.05, 0) is 30.9 Å². The SMILES string of the molecule is CCCCCCCCc1nnnc(CCCCCCCC)c1N. The average Bonchev–Trinajstić information content (AvgIpc) is 2.56. The molecule has 1 rings (SSSR count). The number of hydrogen-bond donors (Lipinski definition) is 1. The Kier molecular flexibility index (Phi) is 11.5. The van der Waals surface area contributed by atoms with Gasteiger partial charge in [0.15, 0.2) is 0 Å². The minimum atomic E-state index is 0.794. The molecule has 0 aromatic carbocycles. The molecular formula is C19H36N4. The van der Waals surface area contributed by atoms with Gasteiger partial charge in [0.05, 0.1) is 17.1 Å². The lowest BCUT2D eigenvalue weighted by atomic mass is 10.0. The van der Waals surface area contributed by atoms with Gasteiger partial charge in [0.25, 0.3) is 0 Å². The van der Waals surface area contributed by atoms with Gasteiger partial charge in [-0.15, -0.1) is 10.2 Å². The molecule has 0 spiro atoms. The van der Waals surface area contributed by atoms with E-state index in [1.807, 2.05) is 0 Å². The predicted octanol–water partition coefficient (Wildman–Crippen LogP) is 5.26. The summed E-state index contributed by atoms with van der Waals surface area (Å²) in [6.45, 7) is 4.50. The summed E-state index contributed by atoms with van der Waals surface area (Å²) in [5.74, 6) is 0. The van der Waals surface area contributed by atoms with Gasteiger partial charge in [0.1, 0.15) is 0 Å². The van der Waals surface area contributed by atoms with Crippen molar-refractivity contribution in [3.05, 3.63) is 11.4 Å². The molecule has 1 aromatic heterocycles. The lowest BCUT2D eigenvalue weighted by molar-refractivity contribution is 0.593. The molecule has 0 aliphatic carbocycles. The normalized spacial score (nSPS) is 11.0. The summed E-state index contributed by atoms with van der Waals surface area (Å²) in [6, 6.07) is 0. The van der Waals surface area contributed by atoms with Crippen molar-refractivity contribution in [2.24, 2.45) is 0 Å². The topological polar surface area (TPSA) is 64.7 Å². The van der Waals surface area contributed by atoms with Crippen molar-refractivity contribution >= 4 is 5.69 Å². The number of hydrogen-bond acceptors (Lipinski definition) is 4. The van der Waals surface area contributed by atoms with E-state index >= 15 is 0 Å². The van der Waals surface area contributed by atoms with Gasteiger partial charge in [0.2, 0.25) is 0 Å². The van der Waals surface area contributed by atoms with Crippen molar-refractivity contribution in [2.75, 3.05) is 5.73 Å². The van der Waals surface area contributed by atoms with Gasteiger partial charge in [-0.1, -0.05) is 78.1 Å². The van der Waals surface area contributed by atoms with E-state index in [0.29, 0.717) is 0 Å². The number of nitrogens with two attached hydrogens (primary N) is 1. The van der Waals surface area contributed by atoms with Crippen molar-refractivity contribution in [2.45, 2.75) is 104 Å². The molecule has 4 heteroatoms. The smallest absolute Gasteiger partial charge is 0.0896 e.